The van der Waals surface area contributed by atoms with E-state index >= 15 is 0 Å². The number of benzene rings is 2. The fourth-order valence-corrected chi connectivity index (χ4v) is 2.57. The standard InChI is InChI=1S/C13H9FIN3/c14-7-1-3-9(10(15)5-7)13-17-11-4-2-8(16)6-12(11)18-13/h1-6H,16H2,(H,17,18). The summed E-state index contributed by atoms with van der Waals surface area (Å²) in [6.45, 7) is 0. The Morgan fingerprint density at radius 2 is 2.00 bits per heavy atom. The van der Waals surface area contributed by atoms with Gasteiger partial charge in [0.05, 0.1) is 11.0 Å². The van der Waals surface area contributed by atoms with Crippen LogP contribution in [0.3, 0.4) is 0 Å². The number of rotatable bonds is 1. The van der Waals surface area contributed by atoms with E-state index in [1.807, 2.05) is 18.2 Å². The number of nitrogens with two attached hydrogens (primary N) is 1. The van der Waals surface area contributed by atoms with E-state index in [-0.39, 0.29) is 5.82 Å². The zero-order valence-corrected chi connectivity index (χ0v) is 11.4. The van der Waals surface area contributed by atoms with Crippen molar-refractivity contribution in [3.8, 4) is 11.4 Å². The highest BCUT2D eigenvalue weighted by atomic mass is 127. The zero-order valence-electron chi connectivity index (χ0n) is 9.24. The second-order valence-electron chi connectivity index (χ2n) is 3.99. The SMILES string of the molecule is Nc1ccc2nc(-c3ccc(F)cc3I)[nH]c2c1. The molecule has 0 amide bonds. The molecule has 3 rings (SSSR count). The summed E-state index contributed by atoms with van der Waals surface area (Å²) in [6.07, 6.45) is 0. The lowest BCUT2D eigenvalue weighted by molar-refractivity contribution is 0.627. The van der Waals surface area contributed by atoms with E-state index in [4.69, 9.17) is 5.73 Å². The van der Waals surface area contributed by atoms with Crippen LogP contribution in [0.2, 0.25) is 0 Å². The molecule has 0 aliphatic rings. The number of anilines is 1. The topological polar surface area (TPSA) is 54.7 Å². The van der Waals surface area contributed by atoms with Gasteiger partial charge in [0.25, 0.3) is 0 Å². The molecule has 0 bridgehead atoms. The van der Waals surface area contributed by atoms with Gasteiger partial charge < -0.3 is 10.7 Å². The molecule has 3 aromatic rings. The molecular formula is C13H9FIN3. The molecule has 3 N–H and O–H groups in total. The molecule has 3 nitrogen and oxygen atoms in total. The molecule has 18 heavy (non-hydrogen) atoms. The third kappa shape index (κ3) is 1.94. The first-order valence-corrected chi connectivity index (χ1v) is 6.42. The molecule has 0 atom stereocenters. The minimum absolute atomic E-state index is 0.247. The van der Waals surface area contributed by atoms with Crippen LogP contribution in [0.25, 0.3) is 22.4 Å². The monoisotopic (exact) mass is 353 g/mol. The number of hydrogen-bond donors (Lipinski definition) is 2. The van der Waals surface area contributed by atoms with Gasteiger partial charge in [-0.1, -0.05) is 0 Å². The summed E-state index contributed by atoms with van der Waals surface area (Å²) in [4.78, 5) is 7.67. The normalized spacial score (nSPS) is 11.0. The molecule has 90 valence electrons. The van der Waals surface area contributed by atoms with Crippen molar-refractivity contribution in [1.82, 2.24) is 9.97 Å². The first-order valence-electron chi connectivity index (χ1n) is 5.34. The molecule has 0 fully saturated rings. The molecule has 0 aliphatic carbocycles. The average molecular weight is 353 g/mol. The van der Waals surface area contributed by atoms with Gasteiger partial charge in [0.1, 0.15) is 11.6 Å². The van der Waals surface area contributed by atoms with Gasteiger partial charge in [0.2, 0.25) is 0 Å². The van der Waals surface area contributed by atoms with E-state index < -0.39 is 0 Å². The van der Waals surface area contributed by atoms with Gasteiger partial charge in [0.15, 0.2) is 0 Å². The van der Waals surface area contributed by atoms with Crippen molar-refractivity contribution in [2.24, 2.45) is 0 Å². The van der Waals surface area contributed by atoms with E-state index in [1.165, 1.54) is 12.1 Å². The smallest absolute Gasteiger partial charge is 0.139 e. The number of H-pyrrole nitrogens is 1. The molecule has 2 aromatic carbocycles. The Labute approximate surface area is 116 Å². The fourth-order valence-electron chi connectivity index (χ4n) is 1.84. The van der Waals surface area contributed by atoms with Gasteiger partial charge in [-0.25, -0.2) is 9.37 Å². The van der Waals surface area contributed by atoms with Gasteiger partial charge in [-0.05, 0) is 59.0 Å². The van der Waals surface area contributed by atoms with E-state index in [0.717, 1.165) is 26.0 Å². The predicted molar refractivity (Wildman–Crippen MR) is 78.6 cm³/mol. The molecule has 0 saturated heterocycles. The number of halogens is 2. The number of fused-ring (bicyclic) bond motifs is 1. The van der Waals surface area contributed by atoms with E-state index in [2.05, 4.69) is 32.6 Å². The maximum Gasteiger partial charge on any atom is 0.139 e. The Balaban J connectivity index is 2.19. The molecule has 5 heteroatoms. The number of aromatic nitrogens is 2. The Morgan fingerprint density at radius 3 is 2.78 bits per heavy atom. The number of aromatic amines is 1. The van der Waals surface area contributed by atoms with Gasteiger partial charge in [-0.15, -0.1) is 0 Å². The van der Waals surface area contributed by atoms with E-state index in [1.54, 1.807) is 6.07 Å². The van der Waals surface area contributed by atoms with Gasteiger partial charge in [-0.2, -0.15) is 0 Å². The lowest BCUT2D eigenvalue weighted by Crippen LogP contribution is -1.86. The highest BCUT2D eigenvalue weighted by Crippen LogP contribution is 2.26. The Bertz CT molecular complexity index is 736. The van der Waals surface area contributed by atoms with Crippen LogP contribution in [0.5, 0.6) is 0 Å². The summed E-state index contributed by atoms with van der Waals surface area (Å²) < 4.78 is 13.9. The maximum absolute atomic E-state index is 13.1. The van der Waals surface area contributed by atoms with Crippen molar-refractivity contribution in [2.45, 2.75) is 0 Å². The summed E-state index contributed by atoms with van der Waals surface area (Å²) in [6, 6.07) is 10.1. The highest BCUT2D eigenvalue weighted by molar-refractivity contribution is 14.1. The molecule has 1 aromatic heterocycles. The Kier molecular flexibility index (Phi) is 2.70. The minimum atomic E-state index is -0.247. The second kappa shape index (κ2) is 4.24. The molecule has 0 spiro atoms. The van der Waals surface area contributed by atoms with Crippen molar-refractivity contribution in [3.63, 3.8) is 0 Å². The zero-order chi connectivity index (χ0) is 12.7. The van der Waals surface area contributed by atoms with Crippen LogP contribution < -0.4 is 5.73 Å². The number of nitrogens with zero attached hydrogens (tertiary/aromatic N) is 1. The number of nitrogens with one attached hydrogen (secondary N) is 1. The van der Waals surface area contributed by atoms with Crippen LogP contribution >= 0.6 is 22.6 Å². The lowest BCUT2D eigenvalue weighted by Gasteiger charge is -2.00. The molecule has 1 heterocycles. The molecule has 0 aliphatic heterocycles. The first-order chi connectivity index (χ1) is 8.63. The van der Waals surface area contributed by atoms with Gasteiger partial charge >= 0.3 is 0 Å². The van der Waals surface area contributed by atoms with E-state index in [9.17, 15) is 4.39 Å². The Morgan fingerprint density at radius 1 is 1.17 bits per heavy atom. The third-order valence-electron chi connectivity index (χ3n) is 2.69. The van der Waals surface area contributed by atoms with Gasteiger partial charge in [0, 0.05) is 14.8 Å². The van der Waals surface area contributed by atoms with Crippen LogP contribution in [-0.4, -0.2) is 9.97 Å². The van der Waals surface area contributed by atoms with Gasteiger partial charge in [-0.3, -0.25) is 0 Å². The predicted octanol–water partition coefficient (Wildman–Crippen LogP) is 3.56. The largest absolute Gasteiger partial charge is 0.399 e. The van der Waals surface area contributed by atoms with Crippen molar-refractivity contribution >= 4 is 39.3 Å². The number of hydrogen-bond acceptors (Lipinski definition) is 2. The molecule has 0 saturated carbocycles. The fraction of sp³-hybridized carbons (Fsp3) is 0. The first kappa shape index (κ1) is 11.5. The van der Waals surface area contributed by atoms with Crippen molar-refractivity contribution in [2.75, 3.05) is 5.73 Å². The third-order valence-corrected chi connectivity index (χ3v) is 3.58. The van der Waals surface area contributed by atoms with Crippen molar-refractivity contribution < 1.29 is 4.39 Å². The summed E-state index contributed by atoms with van der Waals surface area (Å²) in [5.41, 5.74) is 9.02. The van der Waals surface area contributed by atoms with Crippen molar-refractivity contribution in [1.29, 1.82) is 0 Å². The van der Waals surface area contributed by atoms with Crippen molar-refractivity contribution in [3.05, 3.63) is 45.8 Å². The van der Waals surface area contributed by atoms with Crippen LogP contribution in [0.1, 0.15) is 0 Å². The second-order valence-corrected chi connectivity index (χ2v) is 5.15. The van der Waals surface area contributed by atoms with Crippen LogP contribution in [0, 0.1) is 9.39 Å². The summed E-state index contributed by atoms with van der Waals surface area (Å²) in [5, 5.41) is 0. The summed E-state index contributed by atoms with van der Waals surface area (Å²) >= 11 is 2.10. The van der Waals surface area contributed by atoms with Crippen LogP contribution in [0.15, 0.2) is 36.4 Å². The molecule has 0 unspecified atom stereocenters. The molecular weight excluding hydrogens is 344 g/mol. The Hall–Kier alpha value is -1.63. The number of nitrogen functional groups attached to an aromatic ring is 1. The summed E-state index contributed by atoms with van der Waals surface area (Å²) in [5.74, 6) is 0.475. The highest BCUT2D eigenvalue weighted by Gasteiger charge is 2.09. The summed E-state index contributed by atoms with van der Waals surface area (Å²) in [7, 11) is 0. The van der Waals surface area contributed by atoms with E-state index in [0.29, 0.717) is 5.69 Å². The van der Waals surface area contributed by atoms with Crippen LogP contribution in [0.4, 0.5) is 10.1 Å². The average Bonchev–Trinajstić information content (AvgIpc) is 2.71. The lowest BCUT2D eigenvalue weighted by atomic mass is 10.2. The quantitative estimate of drug-likeness (QED) is 0.519. The van der Waals surface area contributed by atoms with Crippen LogP contribution in [-0.2, 0) is 0 Å². The molecule has 0 radical (unpaired) electrons. The number of imidazole rings is 1. The maximum atomic E-state index is 13.1. The minimum Gasteiger partial charge on any atom is -0.399 e.